The van der Waals surface area contributed by atoms with Crippen molar-refractivity contribution in [1.82, 2.24) is 89.7 Å². The largest absolute Gasteiger partial charge is 0.508 e. The molecule has 19 amide bonds. The fraction of sp³-hybridized carbons (Fsp3) is 0.453. The molecule has 0 aliphatic carbocycles. The van der Waals surface area contributed by atoms with Gasteiger partial charge in [0.05, 0.1) is 12.5 Å². The third-order valence-corrected chi connectivity index (χ3v) is 21.6. The van der Waals surface area contributed by atoms with E-state index < -0.39 is 260 Å². The Balaban J connectivity index is 1.29. The third kappa shape index (κ3) is 35.5. The quantitative estimate of drug-likeness (QED) is 0.0126. The van der Waals surface area contributed by atoms with E-state index in [1.54, 1.807) is 85.1 Å². The van der Waals surface area contributed by atoms with Crippen LogP contribution in [0.4, 0.5) is 4.79 Å². The number of unbranched alkanes of at least 4 members (excludes halogenated alkanes) is 1. The molecule has 716 valence electrons. The number of phenols is 1. The summed E-state index contributed by atoms with van der Waals surface area (Å²) >= 11 is 8.48. The standard InChI is InChI=1S/C86H118N22O22S2/c1-44(2)71(84(128)104-61(35-47-15-6-5-7-16-47)79(123)103-64(39-70(115)116)74(118)92-34-31-69(114)97-56(73(90)117)21-12-13-32-87)107-76(120)57(22-14-33-93-86(91)130)98-80(124)62(37-49-40-94-54-19-10-8-17-52(49)54)102-78(122)60(36-48-23-25-51(111)26-24-48)101-83(127)66(43-132)106-75(119)58(27-29-67(88)112)99-81(125)63(38-50-41-95-55-20-11-9-18-53(50)55)105-85(129)72(45(3)109)108-77(121)59(28-30-68(89)113)100-82(126)65(42-131)96-46(4)110/h5-11,15-20,23-26,40-41,44-45,56-66,71-72,94-95,109,111,131-132H,12-14,21-22,27-39,42-43,87H2,1-4H3,(H2,88,112)(H2,89,113)(H2,90,117)(H,92,118)(H,96,110)(H,97,114)(H,98,124)(H,99,125)(H,100,126)(H,101,127)(H,102,122)(H,103,123)(H,104,128)(H,105,129)(H,106,119)(H,107,120)(H,108,121)(H,115,116)(H3,91,93,130)/t45-,56-,57+,58+,59+,60+,61+,62+,63+,64-,65+,66+,71+,72+/m1/s1. The Morgan fingerprint density at radius 3 is 1.23 bits per heavy atom. The monoisotopic (exact) mass is 1870 g/mol. The van der Waals surface area contributed by atoms with Crippen molar-refractivity contribution in [2.45, 2.75) is 209 Å². The third-order valence-electron chi connectivity index (χ3n) is 20.9. The molecule has 0 spiro atoms. The van der Waals surface area contributed by atoms with Gasteiger partial charge in [0, 0.05) is 111 Å². The number of hydrogen-bond donors (Lipinski definition) is 27. The number of aliphatic carboxylic acids is 1. The molecule has 0 aliphatic heterocycles. The second-order valence-electron chi connectivity index (χ2n) is 31.7. The van der Waals surface area contributed by atoms with Gasteiger partial charge in [-0.1, -0.05) is 92.7 Å². The minimum atomic E-state index is -1.94. The van der Waals surface area contributed by atoms with Crippen LogP contribution >= 0.6 is 25.3 Å². The molecular formula is C86H118N22O22S2. The number of aromatic amines is 2. The summed E-state index contributed by atoms with van der Waals surface area (Å²) in [5, 5.41) is 70.0. The number of carbonyl (C=O) groups excluding carboxylic acids is 18. The molecule has 0 unspecified atom stereocenters. The number of primary amides is 4. The predicted octanol–water partition coefficient (Wildman–Crippen LogP) is -4.58. The summed E-state index contributed by atoms with van der Waals surface area (Å²) in [4.78, 5) is 267. The van der Waals surface area contributed by atoms with E-state index in [9.17, 15) is 92.0 Å². The smallest absolute Gasteiger partial charge is 0.312 e. The first kappa shape index (κ1) is 107. The van der Waals surface area contributed by atoms with E-state index in [1.807, 2.05) is 0 Å². The first-order valence-corrected chi connectivity index (χ1v) is 43.8. The lowest BCUT2D eigenvalue weighted by Gasteiger charge is -2.29. The van der Waals surface area contributed by atoms with Crippen LogP contribution in [0.15, 0.2) is 116 Å². The lowest BCUT2D eigenvalue weighted by Crippen LogP contribution is -2.62. The summed E-state index contributed by atoms with van der Waals surface area (Å²) in [6, 6.07) is 4.94. The highest BCUT2D eigenvalue weighted by molar-refractivity contribution is 7.80. The van der Waals surface area contributed by atoms with Crippen LogP contribution in [0.2, 0.25) is 0 Å². The number of aromatic nitrogens is 2. The molecule has 2 aromatic heterocycles. The average Bonchev–Trinajstić information content (AvgIpc) is 1.65. The molecule has 0 saturated heterocycles. The van der Waals surface area contributed by atoms with Gasteiger partial charge in [-0.15, -0.1) is 0 Å². The maximum atomic E-state index is 15.4. The fourth-order valence-corrected chi connectivity index (χ4v) is 14.4. The van der Waals surface area contributed by atoms with E-state index in [0.717, 1.165) is 13.8 Å². The number of amides is 19. The average molecular weight is 1880 g/mol. The number of aliphatic hydroxyl groups is 1. The molecule has 6 rings (SSSR count). The van der Waals surface area contributed by atoms with Crippen molar-refractivity contribution in [3.63, 3.8) is 0 Å². The van der Waals surface area contributed by atoms with Crippen molar-refractivity contribution in [3.8, 4) is 5.75 Å². The summed E-state index contributed by atoms with van der Waals surface area (Å²) in [7, 11) is 0. The van der Waals surface area contributed by atoms with Crippen LogP contribution in [0.1, 0.15) is 121 Å². The molecule has 2 heterocycles. The molecule has 0 aliphatic rings. The highest BCUT2D eigenvalue weighted by Gasteiger charge is 2.40. The van der Waals surface area contributed by atoms with Crippen molar-refractivity contribution >= 4 is 159 Å². The van der Waals surface area contributed by atoms with Crippen LogP contribution in [0, 0.1) is 5.92 Å². The number of carbonyl (C=O) groups is 19. The SMILES string of the molecule is CC(=O)N[C@@H](CS)C(=O)N[C@@H](CCC(N)=O)C(=O)N[C@H](C(=O)N[C@@H](Cc1c[nH]c2ccccc12)C(=O)N[C@@H](CCC(N)=O)C(=O)N[C@@H](CS)C(=O)N[C@@H](Cc1ccc(O)cc1)C(=O)N[C@@H](Cc1c[nH]c2ccccc12)C(=O)N[C@@H](CCCNC(N)=O)C(=O)N[C@H](C(=O)N[C@@H](Cc1ccccc1)C(=O)N[C@H](CC(=O)O)C(=O)NCCC(=O)N[C@H](CCCCN)C(N)=O)C(C)C)[C@@H](C)O. The van der Waals surface area contributed by atoms with Gasteiger partial charge < -0.3 is 134 Å². The van der Waals surface area contributed by atoms with Crippen LogP contribution in [0.3, 0.4) is 0 Å². The molecule has 0 fully saturated rings. The van der Waals surface area contributed by atoms with Gasteiger partial charge in [0.2, 0.25) is 100 Å². The number of hydrogen-bond acceptors (Lipinski definition) is 24. The number of urea groups is 1. The summed E-state index contributed by atoms with van der Waals surface area (Å²) < 4.78 is 0. The number of rotatable bonds is 57. The summed E-state index contributed by atoms with van der Waals surface area (Å²) in [6.07, 6.45) is -2.78. The highest BCUT2D eigenvalue weighted by Crippen LogP contribution is 2.23. The Labute approximate surface area is 769 Å². The van der Waals surface area contributed by atoms with Gasteiger partial charge in [-0.3, -0.25) is 86.3 Å². The normalized spacial score (nSPS) is 14.3. The molecular weight excluding hydrogens is 1760 g/mol. The Morgan fingerprint density at radius 2 is 0.780 bits per heavy atom. The summed E-state index contributed by atoms with van der Waals surface area (Å²) in [5.41, 5.74) is 30.2. The van der Waals surface area contributed by atoms with Crippen molar-refractivity contribution in [3.05, 3.63) is 138 Å². The van der Waals surface area contributed by atoms with Gasteiger partial charge in [-0.25, -0.2) is 4.79 Å². The number of thiol groups is 2. The number of fused-ring (bicyclic) bond motifs is 2. The van der Waals surface area contributed by atoms with Crippen LogP contribution in [-0.2, 0) is 112 Å². The minimum absolute atomic E-state index is 0.0832. The Kier molecular flexibility index (Phi) is 43.7. The van der Waals surface area contributed by atoms with E-state index in [2.05, 4.69) is 115 Å². The van der Waals surface area contributed by atoms with Gasteiger partial charge in [0.1, 0.15) is 84.3 Å². The number of nitrogens with two attached hydrogens (primary N) is 5. The predicted molar refractivity (Wildman–Crippen MR) is 487 cm³/mol. The number of benzene rings is 4. The Morgan fingerprint density at radius 1 is 0.386 bits per heavy atom. The van der Waals surface area contributed by atoms with Gasteiger partial charge in [0.15, 0.2) is 0 Å². The highest BCUT2D eigenvalue weighted by atomic mass is 32.1. The van der Waals surface area contributed by atoms with Gasteiger partial charge in [0.25, 0.3) is 0 Å². The number of H-pyrrole nitrogens is 2. The molecule has 0 radical (unpaired) electrons. The Hall–Kier alpha value is -13.9. The van der Waals surface area contributed by atoms with Crippen molar-refractivity contribution < 1.29 is 106 Å². The molecule has 132 heavy (non-hydrogen) atoms. The topological polar surface area (TPSA) is 727 Å². The second-order valence-corrected chi connectivity index (χ2v) is 32.4. The van der Waals surface area contributed by atoms with E-state index in [1.165, 1.54) is 44.3 Å². The summed E-state index contributed by atoms with van der Waals surface area (Å²) in [5.74, 6) is -20.3. The van der Waals surface area contributed by atoms with E-state index in [0.29, 0.717) is 63.4 Å². The van der Waals surface area contributed by atoms with Gasteiger partial charge in [-0.2, -0.15) is 25.3 Å². The zero-order valence-electron chi connectivity index (χ0n) is 73.2. The molecule has 4 aromatic carbocycles. The summed E-state index contributed by atoms with van der Waals surface area (Å²) in [6.45, 7) is 5.06. The molecule has 14 atom stereocenters. The zero-order valence-corrected chi connectivity index (χ0v) is 74.9. The molecule has 46 heteroatoms. The lowest BCUT2D eigenvalue weighted by atomic mass is 9.99. The zero-order chi connectivity index (χ0) is 97.4. The molecule has 30 N–H and O–H groups in total. The number of aromatic hydroxyl groups is 1. The van der Waals surface area contributed by atoms with Crippen LogP contribution in [0.25, 0.3) is 21.8 Å². The lowest BCUT2D eigenvalue weighted by molar-refractivity contribution is -0.141. The van der Waals surface area contributed by atoms with E-state index >= 15 is 14.4 Å². The molecule has 44 nitrogen and oxygen atoms in total. The van der Waals surface area contributed by atoms with E-state index in [4.69, 9.17) is 28.7 Å². The maximum absolute atomic E-state index is 15.4. The maximum Gasteiger partial charge on any atom is 0.312 e. The fourth-order valence-electron chi connectivity index (χ4n) is 13.9. The van der Waals surface area contributed by atoms with Crippen molar-refractivity contribution in [2.24, 2.45) is 34.6 Å². The van der Waals surface area contributed by atoms with Crippen LogP contribution < -0.4 is 108 Å². The first-order chi connectivity index (χ1) is 62.7. The first-order valence-electron chi connectivity index (χ1n) is 42.5. The van der Waals surface area contributed by atoms with E-state index in [-0.39, 0.29) is 56.6 Å². The second kappa shape index (κ2) is 53.9. The number of carboxylic acid groups (broad SMARTS) is 1. The number of carboxylic acids is 1. The number of phenolic OH excluding ortho intramolecular Hbond substituents is 1. The van der Waals surface area contributed by atoms with Crippen molar-refractivity contribution in [2.75, 3.05) is 31.1 Å². The minimum Gasteiger partial charge on any atom is -0.508 e. The molecule has 0 saturated carbocycles. The number of aliphatic hydroxyl groups excluding tert-OH is 1. The van der Waals surface area contributed by atoms with Crippen molar-refractivity contribution in [1.29, 1.82) is 0 Å². The number of nitrogens with one attached hydrogen (secondary N) is 17. The van der Waals surface area contributed by atoms with Gasteiger partial charge >= 0.3 is 12.0 Å². The van der Waals surface area contributed by atoms with Crippen LogP contribution in [-0.4, -0.2) is 253 Å². The number of para-hydroxylation sites is 2. The molecule has 0 bridgehead atoms. The Bertz CT molecular complexity index is 5040. The van der Waals surface area contributed by atoms with Gasteiger partial charge in [-0.05, 0) is 111 Å². The molecule has 6 aromatic rings. The van der Waals surface area contributed by atoms with Crippen LogP contribution in [0.5, 0.6) is 5.75 Å².